The molecule has 21 heavy (non-hydrogen) atoms. The van der Waals surface area contributed by atoms with Crippen LogP contribution in [0.5, 0.6) is 0 Å². The van der Waals surface area contributed by atoms with Crippen LogP contribution in [0.15, 0.2) is 54.6 Å². The highest BCUT2D eigenvalue weighted by Gasteiger charge is 2.36. The maximum atomic E-state index is 13.3. The maximum Gasteiger partial charge on any atom is 0.315 e. The smallest absolute Gasteiger partial charge is 0.315 e. The fraction of sp³-hybridized carbons (Fsp3) is 0.235. The van der Waals surface area contributed by atoms with Gasteiger partial charge in [0.15, 0.2) is 0 Å². The number of nitrogens with zero attached hydrogens (tertiary/aromatic N) is 1. The minimum atomic E-state index is -1.07. The summed E-state index contributed by atoms with van der Waals surface area (Å²) in [6, 6.07) is 15.2. The van der Waals surface area contributed by atoms with E-state index in [2.05, 4.69) is 0 Å². The molecule has 0 aliphatic heterocycles. The predicted molar refractivity (Wildman–Crippen MR) is 81.1 cm³/mol. The molecule has 0 radical (unpaired) electrons. The first-order chi connectivity index (χ1) is 9.93. The SMILES string of the molecule is CN(CC(C)(C(=O)O)c1ccccc1)c1cccc(F)c1. The molecule has 0 saturated carbocycles. The summed E-state index contributed by atoms with van der Waals surface area (Å²) in [5.41, 5.74) is 0.307. The topological polar surface area (TPSA) is 40.5 Å². The van der Waals surface area contributed by atoms with Gasteiger partial charge in [-0.05, 0) is 30.7 Å². The Morgan fingerprint density at radius 1 is 1.19 bits per heavy atom. The molecule has 3 nitrogen and oxygen atoms in total. The molecule has 0 spiro atoms. The van der Waals surface area contributed by atoms with Crippen molar-refractivity contribution in [2.75, 3.05) is 18.5 Å². The van der Waals surface area contributed by atoms with Crippen LogP contribution in [0.3, 0.4) is 0 Å². The largest absolute Gasteiger partial charge is 0.481 e. The Hall–Kier alpha value is -2.36. The van der Waals surface area contributed by atoms with Crippen molar-refractivity contribution in [1.29, 1.82) is 0 Å². The van der Waals surface area contributed by atoms with Gasteiger partial charge in [-0.25, -0.2) is 4.39 Å². The van der Waals surface area contributed by atoms with Gasteiger partial charge in [0, 0.05) is 19.3 Å². The summed E-state index contributed by atoms with van der Waals surface area (Å²) in [6.07, 6.45) is 0. The average molecular weight is 287 g/mol. The van der Waals surface area contributed by atoms with E-state index < -0.39 is 11.4 Å². The first-order valence-corrected chi connectivity index (χ1v) is 6.69. The highest BCUT2D eigenvalue weighted by molar-refractivity contribution is 5.82. The molecule has 0 heterocycles. The second-order valence-electron chi connectivity index (χ2n) is 5.34. The average Bonchev–Trinajstić information content (AvgIpc) is 2.47. The minimum Gasteiger partial charge on any atom is -0.481 e. The molecule has 0 aromatic heterocycles. The number of likely N-dealkylation sites (N-methyl/N-ethyl adjacent to an activating group) is 1. The van der Waals surface area contributed by atoms with E-state index in [0.717, 1.165) is 5.56 Å². The highest BCUT2D eigenvalue weighted by Crippen LogP contribution is 2.27. The molecule has 4 heteroatoms. The third-order valence-electron chi connectivity index (χ3n) is 3.69. The first-order valence-electron chi connectivity index (χ1n) is 6.69. The van der Waals surface area contributed by atoms with Crippen molar-refractivity contribution in [3.8, 4) is 0 Å². The van der Waals surface area contributed by atoms with Gasteiger partial charge < -0.3 is 10.0 Å². The number of hydrogen-bond donors (Lipinski definition) is 1. The van der Waals surface area contributed by atoms with Gasteiger partial charge in [0.25, 0.3) is 0 Å². The van der Waals surface area contributed by atoms with E-state index in [1.807, 2.05) is 18.2 Å². The van der Waals surface area contributed by atoms with Crippen molar-refractivity contribution < 1.29 is 14.3 Å². The second kappa shape index (κ2) is 5.95. The van der Waals surface area contributed by atoms with Gasteiger partial charge in [-0.2, -0.15) is 0 Å². The van der Waals surface area contributed by atoms with Gasteiger partial charge in [-0.15, -0.1) is 0 Å². The van der Waals surface area contributed by atoms with Crippen LogP contribution in [0.2, 0.25) is 0 Å². The molecule has 110 valence electrons. The number of carboxylic acid groups (broad SMARTS) is 1. The van der Waals surface area contributed by atoms with Gasteiger partial charge in [0.05, 0.1) is 0 Å². The van der Waals surface area contributed by atoms with Crippen LogP contribution in [-0.4, -0.2) is 24.7 Å². The van der Waals surface area contributed by atoms with Crippen LogP contribution in [0, 0.1) is 5.82 Å². The molecule has 0 saturated heterocycles. The summed E-state index contributed by atoms with van der Waals surface area (Å²) in [5.74, 6) is -1.24. The van der Waals surface area contributed by atoms with E-state index in [4.69, 9.17) is 0 Å². The van der Waals surface area contributed by atoms with E-state index in [1.165, 1.54) is 12.1 Å². The van der Waals surface area contributed by atoms with Crippen molar-refractivity contribution in [3.63, 3.8) is 0 Å². The minimum absolute atomic E-state index is 0.246. The van der Waals surface area contributed by atoms with E-state index >= 15 is 0 Å². The molecule has 1 unspecified atom stereocenters. The normalized spacial score (nSPS) is 13.5. The summed E-state index contributed by atoms with van der Waals surface area (Å²) in [6.45, 7) is 1.93. The van der Waals surface area contributed by atoms with Gasteiger partial charge in [0.2, 0.25) is 0 Å². The summed E-state index contributed by atoms with van der Waals surface area (Å²) < 4.78 is 13.3. The molecular formula is C17H18FNO2. The van der Waals surface area contributed by atoms with Gasteiger partial charge in [-0.3, -0.25) is 4.79 Å². The maximum absolute atomic E-state index is 13.3. The fourth-order valence-corrected chi connectivity index (χ4v) is 2.37. The summed E-state index contributed by atoms with van der Waals surface area (Å²) in [5, 5.41) is 9.64. The molecule has 1 atom stereocenters. The summed E-state index contributed by atoms with van der Waals surface area (Å²) in [7, 11) is 1.76. The third kappa shape index (κ3) is 3.21. The molecule has 1 N–H and O–H groups in total. The van der Waals surface area contributed by atoms with Crippen molar-refractivity contribution in [2.24, 2.45) is 0 Å². The van der Waals surface area contributed by atoms with Gasteiger partial charge in [0.1, 0.15) is 11.2 Å². The quantitative estimate of drug-likeness (QED) is 0.917. The molecule has 2 aromatic carbocycles. The van der Waals surface area contributed by atoms with Crippen LogP contribution in [0.4, 0.5) is 10.1 Å². The summed E-state index contributed by atoms with van der Waals surface area (Å²) in [4.78, 5) is 13.5. The van der Waals surface area contributed by atoms with Crippen molar-refractivity contribution in [2.45, 2.75) is 12.3 Å². The first kappa shape index (κ1) is 15.0. The van der Waals surface area contributed by atoms with Crippen LogP contribution < -0.4 is 4.90 Å². The Labute approximate surface area is 123 Å². The Morgan fingerprint density at radius 2 is 1.86 bits per heavy atom. The number of anilines is 1. The number of carbonyl (C=O) groups is 1. The lowest BCUT2D eigenvalue weighted by Gasteiger charge is -2.31. The number of aliphatic carboxylic acids is 1. The number of rotatable bonds is 5. The second-order valence-corrected chi connectivity index (χ2v) is 5.34. The monoisotopic (exact) mass is 287 g/mol. The molecule has 0 bridgehead atoms. The number of carboxylic acids is 1. The third-order valence-corrected chi connectivity index (χ3v) is 3.69. The fourth-order valence-electron chi connectivity index (χ4n) is 2.37. The Kier molecular flexibility index (Phi) is 4.26. The van der Waals surface area contributed by atoms with E-state index in [9.17, 15) is 14.3 Å². The Balaban J connectivity index is 2.31. The van der Waals surface area contributed by atoms with Gasteiger partial charge in [-0.1, -0.05) is 36.4 Å². The molecule has 2 rings (SSSR count). The standard InChI is InChI=1S/C17H18FNO2/c1-17(16(20)21,13-7-4-3-5-8-13)12-19(2)15-10-6-9-14(18)11-15/h3-11H,12H2,1-2H3,(H,20,21). The van der Waals surface area contributed by atoms with E-state index in [0.29, 0.717) is 5.69 Å². The molecule has 0 amide bonds. The predicted octanol–water partition coefficient (Wildman–Crippen LogP) is 3.30. The molecule has 0 aliphatic carbocycles. The number of hydrogen-bond acceptors (Lipinski definition) is 2. The van der Waals surface area contributed by atoms with Crippen LogP contribution in [0.1, 0.15) is 12.5 Å². The zero-order valence-corrected chi connectivity index (χ0v) is 12.1. The number of benzene rings is 2. The Morgan fingerprint density at radius 3 is 2.43 bits per heavy atom. The summed E-state index contributed by atoms with van der Waals surface area (Å²) >= 11 is 0. The van der Waals surface area contributed by atoms with Crippen molar-refractivity contribution in [1.82, 2.24) is 0 Å². The van der Waals surface area contributed by atoms with Gasteiger partial charge >= 0.3 is 5.97 Å². The molecule has 0 fully saturated rings. The molecule has 0 aliphatic rings. The zero-order chi connectivity index (χ0) is 15.5. The van der Waals surface area contributed by atoms with Crippen LogP contribution in [0.25, 0.3) is 0 Å². The lowest BCUT2D eigenvalue weighted by atomic mass is 9.82. The van der Waals surface area contributed by atoms with Crippen LogP contribution in [-0.2, 0) is 10.2 Å². The van der Waals surface area contributed by atoms with Crippen molar-refractivity contribution in [3.05, 3.63) is 66.0 Å². The van der Waals surface area contributed by atoms with Crippen molar-refractivity contribution >= 4 is 11.7 Å². The molecular weight excluding hydrogens is 269 g/mol. The molecule has 2 aromatic rings. The number of halogens is 1. The van der Waals surface area contributed by atoms with Crippen LogP contribution >= 0.6 is 0 Å². The lowest BCUT2D eigenvalue weighted by Crippen LogP contribution is -2.43. The van der Waals surface area contributed by atoms with E-state index in [1.54, 1.807) is 43.1 Å². The Bertz CT molecular complexity index is 630. The van der Waals surface area contributed by atoms with E-state index in [-0.39, 0.29) is 12.4 Å². The highest BCUT2D eigenvalue weighted by atomic mass is 19.1. The zero-order valence-electron chi connectivity index (χ0n) is 12.1. The lowest BCUT2D eigenvalue weighted by molar-refractivity contribution is -0.142.